The van der Waals surface area contributed by atoms with Crippen molar-refractivity contribution in [2.45, 2.75) is 24.7 Å². The molecule has 0 spiro atoms. The summed E-state index contributed by atoms with van der Waals surface area (Å²) in [6.45, 7) is 1.77. The van der Waals surface area contributed by atoms with Crippen LogP contribution in [0.3, 0.4) is 0 Å². The normalized spacial score (nSPS) is 15.8. The highest BCUT2D eigenvalue weighted by molar-refractivity contribution is 5.85. The molecule has 2 aromatic heterocycles. The molecule has 0 saturated carbocycles. The van der Waals surface area contributed by atoms with Crippen LogP contribution in [0.1, 0.15) is 30.3 Å². The fourth-order valence-corrected chi connectivity index (χ4v) is 3.22. The highest BCUT2D eigenvalue weighted by atomic mass is 35.5. The lowest BCUT2D eigenvalue weighted by molar-refractivity contribution is 0.0409. The summed E-state index contributed by atoms with van der Waals surface area (Å²) in [4.78, 5) is 9.08. The monoisotopic (exact) mass is 406 g/mol. The summed E-state index contributed by atoms with van der Waals surface area (Å²) in [5, 5.41) is 4.10. The molecule has 8 nitrogen and oxygen atoms in total. The Morgan fingerprint density at radius 2 is 1.89 bits per heavy atom. The van der Waals surface area contributed by atoms with Gasteiger partial charge in [-0.25, -0.2) is 4.98 Å². The molecule has 0 atom stereocenters. The first-order valence-electron chi connectivity index (χ1n) is 8.92. The number of halogens is 1. The lowest BCUT2D eigenvalue weighted by Gasteiger charge is -2.32. The number of hydrogen-bond donors (Lipinski definition) is 1. The predicted molar refractivity (Wildman–Crippen MR) is 104 cm³/mol. The van der Waals surface area contributed by atoms with E-state index in [9.17, 15) is 0 Å². The maximum absolute atomic E-state index is 6.00. The van der Waals surface area contributed by atoms with Gasteiger partial charge < -0.3 is 24.1 Å². The van der Waals surface area contributed by atoms with Crippen LogP contribution in [-0.2, 0) is 16.6 Å². The van der Waals surface area contributed by atoms with Gasteiger partial charge in [-0.3, -0.25) is 0 Å². The summed E-state index contributed by atoms with van der Waals surface area (Å²) in [7, 11) is 1.63. The molecule has 1 aromatic carbocycles. The van der Waals surface area contributed by atoms with Crippen LogP contribution in [0.2, 0.25) is 0 Å². The van der Waals surface area contributed by atoms with E-state index in [0.29, 0.717) is 43.8 Å². The van der Waals surface area contributed by atoms with Crippen LogP contribution in [0.15, 0.2) is 39.5 Å². The molecule has 1 aliphatic rings. The largest absolute Gasteiger partial charge is 0.497 e. The molecule has 0 radical (unpaired) electrons. The second-order valence-electron chi connectivity index (χ2n) is 6.66. The van der Waals surface area contributed by atoms with Gasteiger partial charge in [0.25, 0.3) is 0 Å². The molecule has 1 saturated heterocycles. The van der Waals surface area contributed by atoms with Crippen LogP contribution in [0.5, 0.6) is 5.75 Å². The van der Waals surface area contributed by atoms with E-state index in [1.165, 1.54) is 0 Å². The zero-order chi connectivity index (χ0) is 18.7. The number of ether oxygens (including phenoxy) is 2. The van der Waals surface area contributed by atoms with Gasteiger partial charge in [-0.1, -0.05) is 5.16 Å². The maximum Gasteiger partial charge on any atom is 0.234 e. The van der Waals surface area contributed by atoms with Gasteiger partial charge in [0, 0.05) is 25.3 Å². The smallest absolute Gasteiger partial charge is 0.234 e. The number of benzene rings is 1. The Morgan fingerprint density at radius 3 is 2.57 bits per heavy atom. The van der Waals surface area contributed by atoms with Crippen LogP contribution in [0.4, 0.5) is 0 Å². The zero-order valence-electron chi connectivity index (χ0n) is 15.6. The number of aromatic nitrogens is 3. The van der Waals surface area contributed by atoms with Gasteiger partial charge in [-0.05, 0) is 37.1 Å². The molecule has 3 aromatic rings. The van der Waals surface area contributed by atoms with E-state index in [1.54, 1.807) is 13.4 Å². The molecule has 1 fully saturated rings. The van der Waals surface area contributed by atoms with Crippen molar-refractivity contribution in [3.63, 3.8) is 0 Å². The van der Waals surface area contributed by atoms with E-state index < -0.39 is 0 Å². The number of methoxy groups -OCH3 is 1. The summed E-state index contributed by atoms with van der Waals surface area (Å²) in [5.74, 6) is 2.48. The zero-order valence-corrected chi connectivity index (χ0v) is 16.4. The molecular formula is C19H23ClN4O4. The number of rotatable bonds is 6. The summed E-state index contributed by atoms with van der Waals surface area (Å²) < 4.78 is 21.7. The minimum Gasteiger partial charge on any atom is -0.497 e. The molecule has 3 heterocycles. The Bertz CT molecular complexity index is 887. The van der Waals surface area contributed by atoms with E-state index in [1.807, 2.05) is 24.3 Å². The number of nitrogens with two attached hydrogens (primary N) is 1. The molecule has 150 valence electrons. The minimum absolute atomic E-state index is 0. The van der Waals surface area contributed by atoms with Crippen molar-refractivity contribution in [3.05, 3.63) is 47.9 Å². The Labute approximate surface area is 168 Å². The molecule has 4 rings (SSSR count). The first-order chi connectivity index (χ1) is 13.2. The van der Waals surface area contributed by atoms with Crippen LogP contribution in [0, 0.1) is 0 Å². The second kappa shape index (κ2) is 8.72. The Hall–Kier alpha value is -2.42. The van der Waals surface area contributed by atoms with Gasteiger partial charge in [-0.15, -0.1) is 12.4 Å². The topological polar surface area (TPSA) is 109 Å². The van der Waals surface area contributed by atoms with Crippen molar-refractivity contribution in [3.8, 4) is 17.2 Å². The quantitative estimate of drug-likeness (QED) is 0.665. The third kappa shape index (κ3) is 4.04. The molecular weight excluding hydrogens is 384 g/mol. The molecule has 0 bridgehead atoms. The number of hydrogen-bond acceptors (Lipinski definition) is 8. The average molecular weight is 407 g/mol. The van der Waals surface area contributed by atoms with E-state index in [-0.39, 0.29) is 17.8 Å². The first-order valence-corrected chi connectivity index (χ1v) is 8.92. The highest BCUT2D eigenvalue weighted by Gasteiger charge is 2.38. The molecule has 28 heavy (non-hydrogen) atoms. The lowest BCUT2D eigenvalue weighted by Crippen LogP contribution is -2.40. The van der Waals surface area contributed by atoms with Gasteiger partial charge in [0.1, 0.15) is 12.0 Å². The summed E-state index contributed by atoms with van der Waals surface area (Å²) in [6.07, 6.45) is 3.62. The standard InChI is InChI=1S/C19H22N4O4.ClH/c1-24-15-4-2-13(3-5-15)17-21-14(11-26-17)10-16-22-18(27-23-16)19(12-20)6-8-25-9-7-19;/h2-5,11H,6-10,12,20H2,1H3;1H. The van der Waals surface area contributed by atoms with Crippen molar-refractivity contribution in [2.24, 2.45) is 5.73 Å². The van der Waals surface area contributed by atoms with Crippen molar-refractivity contribution < 1.29 is 18.4 Å². The third-order valence-corrected chi connectivity index (χ3v) is 4.99. The summed E-state index contributed by atoms with van der Waals surface area (Å²) in [5.41, 5.74) is 7.32. The molecule has 9 heteroatoms. The van der Waals surface area contributed by atoms with Crippen LogP contribution >= 0.6 is 12.4 Å². The van der Waals surface area contributed by atoms with E-state index in [4.69, 9.17) is 24.1 Å². The summed E-state index contributed by atoms with van der Waals surface area (Å²) >= 11 is 0. The maximum atomic E-state index is 6.00. The van der Waals surface area contributed by atoms with Gasteiger partial charge in [0.15, 0.2) is 5.82 Å². The average Bonchev–Trinajstić information content (AvgIpc) is 3.39. The van der Waals surface area contributed by atoms with Crippen LogP contribution in [-0.4, -0.2) is 42.0 Å². The molecule has 0 amide bonds. The Kier molecular flexibility index (Phi) is 6.33. The van der Waals surface area contributed by atoms with Crippen molar-refractivity contribution in [1.82, 2.24) is 15.1 Å². The van der Waals surface area contributed by atoms with Crippen LogP contribution < -0.4 is 10.5 Å². The van der Waals surface area contributed by atoms with Crippen LogP contribution in [0.25, 0.3) is 11.5 Å². The molecule has 2 N–H and O–H groups in total. The Balaban J connectivity index is 0.00000225. The first kappa shape index (κ1) is 20.3. The van der Waals surface area contributed by atoms with Crippen molar-refractivity contribution >= 4 is 12.4 Å². The SMILES string of the molecule is COc1ccc(-c2nc(Cc3noc(C4(CN)CCOCC4)n3)co2)cc1.Cl. The molecule has 0 unspecified atom stereocenters. The summed E-state index contributed by atoms with van der Waals surface area (Å²) in [6, 6.07) is 7.53. The number of oxazole rings is 1. The fourth-order valence-electron chi connectivity index (χ4n) is 3.22. The lowest BCUT2D eigenvalue weighted by atomic mass is 9.80. The van der Waals surface area contributed by atoms with Gasteiger partial charge in [0.2, 0.25) is 11.8 Å². The molecule has 1 aliphatic heterocycles. The van der Waals surface area contributed by atoms with Gasteiger partial charge in [0.05, 0.1) is 24.6 Å². The third-order valence-electron chi connectivity index (χ3n) is 4.99. The van der Waals surface area contributed by atoms with E-state index >= 15 is 0 Å². The van der Waals surface area contributed by atoms with Crippen molar-refractivity contribution in [2.75, 3.05) is 26.9 Å². The molecule has 0 aliphatic carbocycles. The fraction of sp³-hybridized carbons (Fsp3) is 0.421. The highest BCUT2D eigenvalue weighted by Crippen LogP contribution is 2.33. The predicted octanol–water partition coefficient (Wildman–Crippen LogP) is 2.75. The minimum atomic E-state index is -0.290. The van der Waals surface area contributed by atoms with Gasteiger partial charge in [-0.2, -0.15) is 4.98 Å². The van der Waals surface area contributed by atoms with Crippen molar-refractivity contribution in [1.29, 1.82) is 0 Å². The van der Waals surface area contributed by atoms with Gasteiger partial charge >= 0.3 is 0 Å². The second-order valence-corrected chi connectivity index (χ2v) is 6.66. The van der Waals surface area contributed by atoms with E-state index in [2.05, 4.69) is 15.1 Å². The number of nitrogens with zero attached hydrogens (tertiary/aromatic N) is 3. The Morgan fingerprint density at radius 1 is 1.14 bits per heavy atom. The van der Waals surface area contributed by atoms with E-state index in [0.717, 1.165) is 29.8 Å².